The largest absolute Gasteiger partial charge is 0.463 e. The molecule has 0 saturated carbocycles. The van der Waals surface area contributed by atoms with E-state index in [1.165, 1.54) is 5.56 Å². The Bertz CT molecular complexity index is 617. The Morgan fingerprint density at radius 2 is 1.96 bits per heavy atom. The quantitative estimate of drug-likeness (QED) is 0.793. The van der Waals surface area contributed by atoms with E-state index in [0.717, 1.165) is 48.4 Å². The molecule has 0 bridgehead atoms. The maximum absolute atomic E-state index is 5.69. The smallest absolute Gasteiger partial charge is 0.316 e. The average Bonchev–Trinajstić information content (AvgIpc) is 2.88. The zero-order valence-electron chi connectivity index (χ0n) is 13.5. The molecule has 1 fully saturated rings. The maximum atomic E-state index is 5.69. The predicted molar refractivity (Wildman–Crippen MR) is 89.2 cm³/mol. The first-order valence-electron chi connectivity index (χ1n) is 7.86. The second-order valence-corrected chi connectivity index (χ2v) is 6.93. The molecule has 0 unspecified atom stereocenters. The van der Waals surface area contributed by atoms with Gasteiger partial charge in [0.25, 0.3) is 0 Å². The van der Waals surface area contributed by atoms with E-state index in [9.17, 15) is 0 Å². The van der Waals surface area contributed by atoms with Crippen LogP contribution in [0.4, 0.5) is 0 Å². The van der Waals surface area contributed by atoms with Crippen molar-refractivity contribution in [2.75, 3.05) is 19.7 Å². The predicted octanol–water partition coefficient (Wildman–Crippen LogP) is 3.13. The van der Waals surface area contributed by atoms with E-state index >= 15 is 0 Å². The van der Waals surface area contributed by atoms with Crippen LogP contribution in [-0.2, 0) is 6.54 Å². The molecule has 0 atom stereocenters. The highest BCUT2D eigenvalue weighted by Gasteiger charge is 2.22. The lowest BCUT2D eigenvalue weighted by Gasteiger charge is -2.31. The highest BCUT2D eigenvalue weighted by atomic mass is 79.9. The van der Waals surface area contributed by atoms with Crippen molar-refractivity contribution in [3.63, 3.8) is 0 Å². The van der Waals surface area contributed by atoms with Crippen LogP contribution in [0.25, 0.3) is 0 Å². The molecule has 1 aliphatic heterocycles. The van der Waals surface area contributed by atoms with Gasteiger partial charge in [-0.2, -0.15) is 0 Å². The zero-order chi connectivity index (χ0) is 16.2. The number of aryl methyl sites for hydroxylation is 2. The topological polar surface area (TPSA) is 64.3 Å². The van der Waals surface area contributed by atoms with Gasteiger partial charge in [-0.15, -0.1) is 0 Å². The number of rotatable bonds is 5. The second kappa shape index (κ2) is 7.40. The van der Waals surface area contributed by atoms with E-state index in [1.807, 2.05) is 13.8 Å². The summed E-state index contributed by atoms with van der Waals surface area (Å²) in [6.45, 7) is 7.72. The van der Waals surface area contributed by atoms with Crippen molar-refractivity contribution in [2.45, 2.75) is 33.2 Å². The van der Waals surface area contributed by atoms with Crippen LogP contribution >= 0.6 is 15.9 Å². The molecule has 0 aromatic carbocycles. The van der Waals surface area contributed by atoms with Crippen LogP contribution in [0.3, 0.4) is 0 Å². The molecule has 23 heavy (non-hydrogen) atoms. The number of aromatic nitrogens is 3. The van der Waals surface area contributed by atoms with Gasteiger partial charge in [-0.05, 0) is 61.6 Å². The minimum atomic E-state index is 0.450. The average molecular weight is 381 g/mol. The standard InChI is InChI=1S/C16H21BrN4O2/c1-11-15(12(2)23-20-11)9-21-5-3-13(4-6-21)10-22-16-18-7-14(17)8-19-16/h7-8,13H,3-6,9-10H2,1-2H3. The molecular weight excluding hydrogens is 360 g/mol. The molecule has 0 radical (unpaired) electrons. The number of piperidine rings is 1. The Balaban J connectivity index is 1.44. The second-order valence-electron chi connectivity index (χ2n) is 6.02. The molecule has 1 saturated heterocycles. The highest BCUT2D eigenvalue weighted by Crippen LogP contribution is 2.22. The summed E-state index contributed by atoms with van der Waals surface area (Å²) in [5.74, 6) is 1.49. The summed E-state index contributed by atoms with van der Waals surface area (Å²) in [7, 11) is 0. The van der Waals surface area contributed by atoms with Crippen molar-refractivity contribution < 1.29 is 9.26 Å². The first-order chi connectivity index (χ1) is 11.1. The lowest BCUT2D eigenvalue weighted by atomic mass is 9.97. The monoisotopic (exact) mass is 380 g/mol. The van der Waals surface area contributed by atoms with Crippen LogP contribution in [0.5, 0.6) is 6.01 Å². The lowest BCUT2D eigenvalue weighted by molar-refractivity contribution is 0.131. The molecular formula is C16H21BrN4O2. The molecule has 1 aliphatic rings. The van der Waals surface area contributed by atoms with Crippen LogP contribution in [0.2, 0.25) is 0 Å². The SMILES string of the molecule is Cc1noc(C)c1CN1CCC(COc2ncc(Br)cn2)CC1. The minimum absolute atomic E-state index is 0.450. The summed E-state index contributed by atoms with van der Waals surface area (Å²) in [4.78, 5) is 10.7. The van der Waals surface area contributed by atoms with E-state index in [4.69, 9.17) is 9.26 Å². The van der Waals surface area contributed by atoms with Gasteiger partial charge in [-0.3, -0.25) is 4.90 Å². The van der Waals surface area contributed by atoms with E-state index in [1.54, 1.807) is 12.4 Å². The van der Waals surface area contributed by atoms with E-state index < -0.39 is 0 Å². The van der Waals surface area contributed by atoms with E-state index in [0.29, 0.717) is 18.5 Å². The molecule has 0 spiro atoms. The fourth-order valence-electron chi connectivity index (χ4n) is 2.83. The van der Waals surface area contributed by atoms with Crippen molar-refractivity contribution in [1.29, 1.82) is 0 Å². The zero-order valence-corrected chi connectivity index (χ0v) is 15.0. The third-order valence-corrected chi connectivity index (χ3v) is 4.72. The Morgan fingerprint density at radius 1 is 1.26 bits per heavy atom. The van der Waals surface area contributed by atoms with Gasteiger partial charge in [-0.1, -0.05) is 5.16 Å². The highest BCUT2D eigenvalue weighted by molar-refractivity contribution is 9.10. The van der Waals surface area contributed by atoms with Crippen LogP contribution in [0.15, 0.2) is 21.4 Å². The molecule has 7 heteroatoms. The molecule has 2 aromatic rings. The third-order valence-electron chi connectivity index (χ3n) is 4.31. The summed E-state index contributed by atoms with van der Waals surface area (Å²) in [6.07, 6.45) is 5.66. The number of ether oxygens (including phenoxy) is 1. The fraction of sp³-hybridized carbons (Fsp3) is 0.562. The van der Waals surface area contributed by atoms with Gasteiger partial charge in [-0.25, -0.2) is 9.97 Å². The van der Waals surface area contributed by atoms with Gasteiger partial charge in [0.1, 0.15) is 5.76 Å². The van der Waals surface area contributed by atoms with Crippen molar-refractivity contribution in [1.82, 2.24) is 20.0 Å². The molecule has 124 valence electrons. The van der Waals surface area contributed by atoms with Gasteiger partial charge >= 0.3 is 6.01 Å². The van der Waals surface area contributed by atoms with Gasteiger partial charge < -0.3 is 9.26 Å². The summed E-state index contributed by atoms with van der Waals surface area (Å²) in [5.41, 5.74) is 2.23. The minimum Gasteiger partial charge on any atom is -0.463 e. The number of halogens is 1. The van der Waals surface area contributed by atoms with E-state index in [-0.39, 0.29) is 0 Å². The number of hydrogen-bond acceptors (Lipinski definition) is 6. The van der Waals surface area contributed by atoms with Crippen LogP contribution in [-0.4, -0.2) is 39.7 Å². The molecule has 3 rings (SSSR count). The third kappa shape index (κ3) is 4.29. The Labute approximate surface area is 144 Å². The van der Waals surface area contributed by atoms with Crippen LogP contribution < -0.4 is 4.74 Å². The Morgan fingerprint density at radius 3 is 2.57 bits per heavy atom. The Kier molecular flexibility index (Phi) is 5.27. The molecule has 2 aromatic heterocycles. The molecule has 0 aliphatic carbocycles. The summed E-state index contributed by atoms with van der Waals surface area (Å²) < 4.78 is 11.8. The van der Waals surface area contributed by atoms with Gasteiger partial charge in [0, 0.05) is 24.5 Å². The number of likely N-dealkylation sites (tertiary alicyclic amines) is 1. The van der Waals surface area contributed by atoms with Crippen molar-refractivity contribution in [3.05, 3.63) is 33.9 Å². The summed E-state index contributed by atoms with van der Waals surface area (Å²) >= 11 is 3.32. The number of hydrogen-bond donors (Lipinski definition) is 0. The van der Waals surface area contributed by atoms with Crippen molar-refractivity contribution in [2.24, 2.45) is 5.92 Å². The molecule has 0 N–H and O–H groups in total. The van der Waals surface area contributed by atoms with E-state index in [2.05, 4.69) is 36.0 Å². The molecule has 6 nitrogen and oxygen atoms in total. The number of nitrogens with zero attached hydrogens (tertiary/aromatic N) is 4. The molecule has 3 heterocycles. The van der Waals surface area contributed by atoms with Crippen molar-refractivity contribution >= 4 is 15.9 Å². The van der Waals surface area contributed by atoms with Crippen LogP contribution in [0.1, 0.15) is 29.9 Å². The first kappa shape index (κ1) is 16.4. The summed E-state index contributed by atoms with van der Waals surface area (Å²) in [6, 6.07) is 0.450. The first-order valence-corrected chi connectivity index (χ1v) is 8.65. The summed E-state index contributed by atoms with van der Waals surface area (Å²) in [5, 5.41) is 4.03. The normalized spacial score (nSPS) is 16.7. The lowest BCUT2D eigenvalue weighted by Crippen LogP contribution is -2.35. The maximum Gasteiger partial charge on any atom is 0.316 e. The fourth-order valence-corrected chi connectivity index (χ4v) is 3.03. The van der Waals surface area contributed by atoms with Crippen LogP contribution in [0, 0.1) is 19.8 Å². The van der Waals surface area contributed by atoms with Gasteiger partial charge in [0.05, 0.1) is 16.8 Å². The molecule has 0 amide bonds. The van der Waals surface area contributed by atoms with Crippen molar-refractivity contribution in [3.8, 4) is 6.01 Å². The van der Waals surface area contributed by atoms with Gasteiger partial charge in [0.2, 0.25) is 0 Å². The van der Waals surface area contributed by atoms with Gasteiger partial charge in [0.15, 0.2) is 0 Å². The Hall–Kier alpha value is -1.47.